The van der Waals surface area contributed by atoms with Gasteiger partial charge in [-0.25, -0.2) is 0 Å². The van der Waals surface area contributed by atoms with Crippen LogP contribution >= 0.6 is 0 Å². The molecule has 0 fully saturated rings. The van der Waals surface area contributed by atoms with E-state index in [1.807, 2.05) is 24.3 Å². The summed E-state index contributed by atoms with van der Waals surface area (Å²) in [7, 11) is 17.9. The molecule has 52 heavy (non-hydrogen) atoms. The van der Waals surface area contributed by atoms with Crippen LogP contribution in [-0.4, -0.2) is 93.8 Å². The Hall–Kier alpha value is -5.06. The number of methoxy groups -OCH3 is 7. The maximum absolute atomic E-state index is 6.84. The number of hydrogen-bond donors (Lipinski definition) is 0. The summed E-state index contributed by atoms with van der Waals surface area (Å²) < 4.78 is 47.6. The first-order chi connectivity index (χ1) is 25.2. The van der Waals surface area contributed by atoms with Crippen molar-refractivity contribution in [1.82, 2.24) is 9.80 Å². The first-order valence-electron chi connectivity index (χ1n) is 17.4. The number of hydrogen-bond acceptors (Lipinski definition) is 10. The largest absolute Gasteiger partial charge is 0.493 e. The topological polar surface area (TPSA) is 80.3 Å². The SMILES string of the molecule is COc1cc(CC2c3cc(OC)c(OC)cc3CCN2C)c(Oc2cc3ccc4c(CCN(C)C)cc(OC)c(OC)c4c3cc2OC)cc1OC. The maximum Gasteiger partial charge on any atom is 0.169 e. The summed E-state index contributed by atoms with van der Waals surface area (Å²) in [6.07, 6.45) is 2.41. The number of ether oxygens (including phenoxy) is 8. The van der Waals surface area contributed by atoms with Gasteiger partial charge in [0, 0.05) is 36.1 Å². The van der Waals surface area contributed by atoms with E-state index in [-0.39, 0.29) is 6.04 Å². The van der Waals surface area contributed by atoms with E-state index >= 15 is 0 Å². The molecule has 5 aromatic rings. The molecule has 0 saturated carbocycles. The summed E-state index contributed by atoms with van der Waals surface area (Å²) in [5.74, 6) is 5.80. The Balaban J connectivity index is 1.48. The minimum absolute atomic E-state index is 0.0398. The summed E-state index contributed by atoms with van der Waals surface area (Å²) in [6, 6.07) is 18.5. The monoisotopic (exact) mass is 710 g/mol. The quantitative estimate of drug-likeness (QED) is 0.107. The van der Waals surface area contributed by atoms with E-state index in [2.05, 4.69) is 61.3 Å². The second-order valence-electron chi connectivity index (χ2n) is 13.3. The highest BCUT2D eigenvalue weighted by atomic mass is 16.5. The van der Waals surface area contributed by atoms with E-state index in [9.17, 15) is 0 Å². The van der Waals surface area contributed by atoms with Crippen LogP contribution in [0, 0.1) is 0 Å². The van der Waals surface area contributed by atoms with Gasteiger partial charge < -0.3 is 42.8 Å². The van der Waals surface area contributed by atoms with Crippen LogP contribution in [0.2, 0.25) is 0 Å². The van der Waals surface area contributed by atoms with E-state index in [1.54, 1.807) is 49.8 Å². The predicted molar refractivity (Wildman–Crippen MR) is 205 cm³/mol. The fourth-order valence-corrected chi connectivity index (χ4v) is 7.32. The smallest absolute Gasteiger partial charge is 0.169 e. The van der Waals surface area contributed by atoms with Gasteiger partial charge in [0.15, 0.2) is 46.0 Å². The van der Waals surface area contributed by atoms with E-state index < -0.39 is 0 Å². The molecule has 10 nitrogen and oxygen atoms in total. The molecular formula is C42H50N2O8. The summed E-state index contributed by atoms with van der Waals surface area (Å²) in [5, 5.41) is 4.02. The van der Waals surface area contributed by atoms with Crippen LogP contribution in [0.15, 0.2) is 54.6 Å². The third-order valence-corrected chi connectivity index (χ3v) is 10.1. The second kappa shape index (κ2) is 15.7. The van der Waals surface area contributed by atoms with Gasteiger partial charge in [0.05, 0.1) is 49.8 Å². The van der Waals surface area contributed by atoms with E-state index in [4.69, 9.17) is 37.9 Å². The molecule has 1 aliphatic heterocycles. The van der Waals surface area contributed by atoms with E-state index in [0.717, 1.165) is 58.8 Å². The Bertz CT molecular complexity index is 2080. The van der Waals surface area contributed by atoms with Crippen molar-refractivity contribution in [2.24, 2.45) is 0 Å². The number of benzene rings is 5. The van der Waals surface area contributed by atoms with E-state index in [0.29, 0.717) is 52.4 Å². The lowest BCUT2D eigenvalue weighted by molar-refractivity contribution is 0.226. The molecule has 0 amide bonds. The van der Waals surface area contributed by atoms with Crippen LogP contribution in [0.25, 0.3) is 21.5 Å². The lowest BCUT2D eigenvalue weighted by atomic mass is 9.88. The highest BCUT2D eigenvalue weighted by Gasteiger charge is 2.29. The molecule has 0 spiro atoms. The second-order valence-corrected chi connectivity index (χ2v) is 13.3. The van der Waals surface area contributed by atoms with Crippen molar-refractivity contribution in [3.8, 4) is 51.7 Å². The highest BCUT2D eigenvalue weighted by Crippen LogP contribution is 2.47. The summed E-state index contributed by atoms with van der Waals surface area (Å²) in [5.41, 5.74) is 4.57. The van der Waals surface area contributed by atoms with Gasteiger partial charge in [-0.05, 0) is 110 Å². The molecule has 1 heterocycles. The zero-order chi connectivity index (χ0) is 37.1. The molecule has 276 valence electrons. The van der Waals surface area contributed by atoms with Gasteiger partial charge in [-0.1, -0.05) is 12.1 Å². The van der Waals surface area contributed by atoms with Crippen molar-refractivity contribution < 1.29 is 37.9 Å². The van der Waals surface area contributed by atoms with Crippen molar-refractivity contribution in [3.63, 3.8) is 0 Å². The van der Waals surface area contributed by atoms with Gasteiger partial charge >= 0.3 is 0 Å². The van der Waals surface area contributed by atoms with Gasteiger partial charge in [-0.3, -0.25) is 4.90 Å². The van der Waals surface area contributed by atoms with Crippen molar-refractivity contribution in [2.75, 3.05) is 84.0 Å². The Morgan fingerprint density at radius 2 is 1.23 bits per heavy atom. The minimum Gasteiger partial charge on any atom is -0.493 e. The fourth-order valence-electron chi connectivity index (χ4n) is 7.32. The zero-order valence-corrected chi connectivity index (χ0v) is 32.0. The lowest BCUT2D eigenvalue weighted by Gasteiger charge is -2.35. The van der Waals surface area contributed by atoms with Crippen LogP contribution in [0.4, 0.5) is 0 Å². The predicted octanol–water partition coefficient (Wildman–Crippen LogP) is 7.72. The van der Waals surface area contributed by atoms with E-state index in [1.165, 1.54) is 16.7 Å². The molecule has 1 atom stereocenters. The molecule has 10 heteroatoms. The number of likely N-dealkylation sites (N-methyl/N-ethyl adjacent to an activating group) is 2. The van der Waals surface area contributed by atoms with Crippen LogP contribution in [0.1, 0.15) is 28.3 Å². The average Bonchev–Trinajstić information content (AvgIpc) is 3.16. The molecule has 6 rings (SSSR count). The van der Waals surface area contributed by atoms with Crippen LogP contribution in [0.3, 0.4) is 0 Å². The fraction of sp³-hybridized carbons (Fsp3) is 0.381. The van der Waals surface area contributed by atoms with Crippen molar-refractivity contribution in [3.05, 3.63) is 76.9 Å². The molecule has 0 radical (unpaired) electrons. The number of rotatable bonds is 14. The molecule has 0 saturated heterocycles. The number of nitrogens with zero attached hydrogens (tertiary/aromatic N) is 2. The van der Waals surface area contributed by atoms with Crippen LogP contribution in [-0.2, 0) is 19.3 Å². The Morgan fingerprint density at radius 3 is 1.88 bits per heavy atom. The Kier molecular flexibility index (Phi) is 11.1. The van der Waals surface area contributed by atoms with Crippen molar-refractivity contribution in [2.45, 2.75) is 25.3 Å². The molecule has 0 N–H and O–H groups in total. The number of fused-ring (bicyclic) bond motifs is 4. The molecule has 1 aliphatic rings. The average molecular weight is 711 g/mol. The zero-order valence-electron chi connectivity index (χ0n) is 32.0. The Morgan fingerprint density at radius 1 is 0.615 bits per heavy atom. The normalized spacial score (nSPS) is 14.3. The molecule has 0 bridgehead atoms. The summed E-state index contributed by atoms with van der Waals surface area (Å²) in [4.78, 5) is 4.54. The standard InChI is InChI=1S/C42H50N2O8/c1-43(2)15-13-26-20-40(50-9)42(51-10)41-29(26)12-11-25-19-39(37(48-7)23-31(25)41)52-33-24-38(49-8)35(46-5)21-28(33)17-32-30-22-36(47-6)34(45-4)18-27(30)14-16-44(32)3/h11-12,18-24,32H,13-17H2,1-10H3. The van der Waals surface area contributed by atoms with Gasteiger partial charge in [0.1, 0.15) is 5.75 Å². The van der Waals surface area contributed by atoms with Gasteiger partial charge in [0.2, 0.25) is 0 Å². The molecular weight excluding hydrogens is 660 g/mol. The highest BCUT2D eigenvalue weighted by molar-refractivity contribution is 6.13. The molecule has 1 unspecified atom stereocenters. The Labute approximate surface area is 306 Å². The molecule has 5 aromatic carbocycles. The summed E-state index contributed by atoms with van der Waals surface area (Å²) >= 11 is 0. The van der Waals surface area contributed by atoms with Gasteiger partial charge in [-0.2, -0.15) is 0 Å². The van der Waals surface area contributed by atoms with Gasteiger partial charge in [0.25, 0.3) is 0 Å². The first kappa shape index (κ1) is 36.7. The van der Waals surface area contributed by atoms with Gasteiger partial charge in [-0.15, -0.1) is 0 Å². The third kappa shape index (κ3) is 6.92. The lowest BCUT2D eigenvalue weighted by Crippen LogP contribution is -2.33. The summed E-state index contributed by atoms with van der Waals surface area (Å²) in [6.45, 7) is 1.80. The van der Waals surface area contributed by atoms with Crippen molar-refractivity contribution >= 4 is 21.5 Å². The molecule has 0 aromatic heterocycles. The molecule has 0 aliphatic carbocycles. The van der Waals surface area contributed by atoms with Crippen LogP contribution < -0.4 is 37.9 Å². The maximum atomic E-state index is 6.84. The van der Waals surface area contributed by atoms with Crippen molar-refractivity contribution in [1.29, 1.82) is 0 Å². The van der Waals surface area contributed by atoms with Crippen LogP contribution in [0.5, 0.6) is 51.7 Å². The minimum atomic E-state index is 0.0398. The first-order valence-corrected chi connectivity index (χ1v) is 17.4. The third-order valence-electron chi connectivity index (χ3n) is 10.1.